The van der Waals surface area contributed by atoms with Gasteiger partial charge in [0, 0.05) is 0 Å². The first-order valence-corrected chi connectivity index (χ1v) is 8.20. The lowest BCUT2D eigenvalue weighted by Gasteiger charge is -2.32. The van der Waals surface area contributed by atoms with Gasteiger partial charge < -0.3 is 5.11 Å². The summed E-state index contributed by atoms with van der Waals surface area (Å²) in [5.74, 6) is 0.341. The first kappa shape index (κ1) is 14.9. The maximum absolute atomic E-state index is 13.4. The Labute approximate surface area is 129 Å². The maximum Gasteiger partial charge on any atom is -0.00925 e. The summed E-state index contributed by atoms with van der Waals surface area (Å²) in [6.07, 6.45) is 2.13. The second-order valence-electron chi connectivity index (χ2n) is 9.94. The molecule has 116 valence electrons. The molecule has 0 radical (unpaired) electrons. The summed E-state index contributed by atoms with van der Waals surface area (Å²) in [4.78, 5) is 0. The van der Waals surface area contributed by atoms with Crippen molar-refractivity contribution in [3.8, 4) is 5.75 Å². The van der Waals surface area contributed by atoms with Crippen LogP contribution in [0, 0.1) is 0 Å². The third-order valence-electron chi connectivity index (χ3n) is 5.86. The van der Waals surface area contributed by atoms with E-state index in [0.717, 1.165) is 24.0 Å². The van der Waals surface area contributed by atoms with E-state index in [2.05, 4.69) is 61.5 Å². The highest BCUT2D eigenvalue weighted by molar-refractivity contribution is 5.63. The summed E-state index contributed by atoms with van der Waals surface area (Å²) in [7, 11) is 0. The van der Waals surface area contributed by atoms with Crippen molar-refractivity contribution in [3.63, 3.8) is 0 Å². The normalized spacial score (nSPS) is 26.5. The average Bonchev–Trinajstić information content (AvgIpc) is 2.52. The molecule has 1 heteroatoms. The summed E-state index contributed by atoms with van der Waals surface area (Å²) in [5, 5.41) is 13.4. The Bertz CT molecular complexity index is 577. The van der Waals surface area contributed by atoms with Gasteiger partial charge in [0.2, 0.25) is 0 Å². The van der Waals surface area contributed by atoms with Crippen LogP contribution in [0.2, 0.25) is 0 Å². The van der Waals surface area contributed by atoms with Gasteiger partial charge in [0.1, 0.15) is 0 Å². The molecular formula is C20H29O-. The van der Waals surface area contributed by atoms with Crippen molar-refractivity contribution >= 4 is 0 Å². The van der Waals surface area contributed by atoms with Gasteiger partial charge in [-0.15, -0.1) is 5.75 Å². The fraction of sp³-hybridized carbons (Fsp3) is 0.700. The van der Waals surface area contributed by atoms with Crippen molar-refractivity contribution in [3.05, 3.63) is 28.3 Å². The molecular weight excluding hydrogens is 256 g/mol. The van der Waals surface area contributed by atoms with E-state index in [4.69, 9.17) is 0 Å². The molecule has 1 nitrogen and oxygen atoms in total. The average molecular weight is 285 g/mol. The van der Waals surface area contributed by atoms with E-state index < -0.39 is 0 Å². The van der Waals surface area contributed by atoms with E-state index in [9.17, 15) is 5.11 Å². The fourth-order valence-corrected chi connectivity index (χ4v) is 5.65. The van der Waals surface area contributed by atoms with E-state index >= 15 is 0 Å². The highest BCUT2D eigenvalue weighted by Crippen LogP contribution is 2.59. The standard InChI is InChI=1S/C20H30O/c1-17(2)10-19(5,6)14-12(17)9-13-15(16(14)21)20(7,8)11-18(13,3)4/h9,21H,10-11H2,1-8H3/p-1. The molecule has 3 rings (SSSR count). The zero-order valence-electron chi connectivity index (χ0n) is 14.9. The van der Waals surface area contributed by atoms with Crippen LogP contribution in [0.1, 0.15) is 90.5 Å². The molecule has 1 aromatic carbocycles. The lowest BCUT2D eigenvalue weighted by Crippen LogP contribution is -2.21. The van der Waals surface area contributed by atoms with Crippen LogP contribution in [0.15, 0.2) is 6.07 Å². The van der Waals surface area contributed by atoms with Crippen molar-refractivity contribution in [1.29, 1.82) is 0 Å². The van der Waals surface area contributed by atoms with Crippen LogP contribution in [-0.4, -0.2) is 0 Å². The minimum absolute atomic E-state index is 0.00619. The van der Waals surface area contributed by atoms with E-state index in [1.165, 1.54) is 11.1 Å². The smallest absolute Gasteiger partial charge is 0.00925 e. The molecule has 0 bridgehead atoms. The molecule has 0 unspecified atom stereocenters. The third kappa shape index (κ3) is 1.82. The van der Waals surface area contributed by atoms with Gasteiger partial charge in [-0.2, -0.15) is 0 Å². The zero-order valence-corrected chi connectivity index (χ0v) is 14.9. The van der Waals surface area contributed by atoms with Crippen LogP contribution in [0.3, 0.4) is 0 Å². The number of benzene rings is 1. The molecule has 21 heavy (non-hydrogen) atoms. The Balaban J connectivity index is 2.41. The molecule has 1 aromatic rings. The number of rotatable bonds is 0. The molecule has 0 spiro atoms. The Kier molecular flexibility index (Phi) is 2.61. The monoisotopic (exact) mass is 285 g/mol. The van der Waals surface area contributed by atoms with Gasteiger partial charge in [0.05, 0.1) is 0 Å². The third-order valence-corrected chi connectivity index (χ3v) is 5.86. The van der Waals surface area contributed by atoms with Gasteiger partial charge in [-0.1, -0.05) is 61.5 Å². The molecule has 2 aliphatic rings. The first-order valence-electron chi connectivity index (χ1n) is 8.20. The van der Waals surface area contributed by atoms with Crippen LogP contribution in [0.5, 0.6) is 5.75 Å². The minimum atomic E-state index is -0.00619. The number of hydrogen-bond acceptors (Lipinski definition) is 1. The van der Waals surface area contributed by atoms with Crippen molar-refractivity contribution in [1.82, 2.24) is 0 Å². The van der Waals surface area contributed by atoms with E-state index in [1.54, 1.807) is 0 Å². The quantitative estimate of drug-likeness (QED) is 0.679. The van der Waals surface area contributed by atoms with E-state index in [0.29, 0.717) is 5.75 Å². The van der Waals surface area contributed by atoms with E-state index in [-0.39, 0.29) is 21.7 Å². The van der Waals surface area contributed by atoms with Gasteiger partial charge >= 0.3 is 0 Å². The highest BCUT2D eigenvalue weighted by atomic mass is 16.3. The Morgan fingerprint density at radius 2 is 1.00 bits per heavy atom. The van der Waals surface area contributed by atoms with Crippen LogP contribution >= 0.6 is 0 Å². The second-order valence-corrected chi connectivity index (χ2v) is 9.94. The Hall–Kier alpha value is -0.980. The van der Waals surface area contributed by atoms with E-state index in [1.807, 2.05) is 0 Å². The van der Waals surface area contributed by atoms with Crippen molar-refractivity contribution < 1.29 is 5.11 Å². The maximum atomic E-state index is 13.4. The molecule has 0 amide bonds. The molecule has 2 aliphatic carbocycles. The summed E-state index contributed by atoms with van der Waals surface area (Å²) >= 11 is 0. The van der Waals surface area contributed by atoms with Crippen LogP contribution in [0.4, 0.5) is 0 Å². The molecule has 0 saturated carbocycles. The Morgan fingerprint density at radius 3 is 1.33 bits per heavy atom. The van der Waals surface area contributed by atoms with Gasteiger partial charge in [0.15, 0.2) is 0 Å². The lowest BCUT2D eigenvalue weighted by atomic mass is 9.79. The largest absolute Gasteiger partial charge is 0.872 e. The number of hydrogen-bond donors (Lipinski definition) is 0. The molecule has 0 N–H and O–H groups in total. The Morgan fingerprint density at radius 1 is 0.667 bits per heavy atom. The van der Waals surface area contributed by atoms with Crippen molar-refractivity contribution in [2.45, 2.75) is 89.9 Å². The van der Waals surface area contributed by atoms with Crippen LogP contribution < -0.4 is 5.11 Å². The van der Waals surface area contributed by atoms with Gasteiger partial charge in [-0.25, -0.2) is 0 Å². The summed E-state index contributed by atoms with van der Waals surface area (Å²) < 4.78 is 0. The predicted octanol–water partition coefficient (Wildman–Crippen LogP) is 4.68. The molecule has 0 aromatic heterocycles. The molecule has 0 heterocycles. The second kappa shape index (κ2) is 3.67. The lowest BCUT2D eigenvalue weighted by molar-refractivity contribution is -0.271. The zero-order chi connectivity index (χ0) is 16.0. The molecule has 0 saturated heterocycles. The minimum Gasteiger partial charge on any atom is -0.872 e. The topological polar surface area (TPSA) is 23.1 Å². The van der Waals surface area contributed by atoms with Crippen LogP contribution in [-0.2, 0) is 21.7 Å². The number of fused-ring (bicyclic) bond motifs is 2. The SMILES string of the molecule is CC1(C)CC(C)(C)c2c1cc1c(c2[O-])C(C)(C)CC1(C)C. The molecule has 0 fully saturated rings. The predicted molar refractivity (Wildman–Crippen MR) is 87.2 cm³/mol. The summed E-state index contributed by atoms with van der Waals surface area (Å²) in [6, 6.07) is 2.38. The molecule has 0 atom stereocenters. The van der Waals surface area contributed by atoms with Gasteiger partial charge in [-0.05, 0) is 56.8 Å². The van der Waals surface area contributed by atoms with Crippen LogP contribution in [0.25, 0.3) is 0 Å². The fourth-order valence-electron chi connectivity index (χ4n) is 5.65. The summed E-state index contributed by atoms with van der Waals surface area (Å²) in [6.45, 7) is 18.1. The van der Waals surface area contributed by atoms with Gasteiger partial charge in [-0.3, -0.25) is 0 Å². The molecule has 0 aliphatic heterocycles. The van der Waals surface area contributed by atoms with Gasteiger partial charge in [0.25, 0.3) is 0 Å². The van der Waals surface area contributed by atoms with Crippen molar-refractivity contribution in [2.75, 3.05) is 0 Å². The first-order chi connectivity index (χ1) is 9.30. The van der Waals surface area contributed by atoms with Crippen molar-refractivity contribution in [2.24, 2.45) is 0 Å². The highest BCUT2D eigenvalue weighted by Gasteiger charge is 2.48. The summed E-state index contributed by atoms with van der Waals surface area (Å²) in [5.41, 5.74) is 5.01.